The van der Waals surface area contributed by atoms with E-state index in [1.165, 1.54) is 173 Å². The summed E-state index contributed by atoms with van der Waals surface area (Å²) in [5.41, 5.74) is 0. The third-order valence-electron chi connectivity index (χ3n) is 13.2. The highest BCUT2D eigenvalue weighted by Gasteiger charge is 2.44. The Labute approximate surface area is 422 Å². The van der Waals surface area contributed by atoms with Crippen molar-refractivity contribution in [3.05, 3.63) is 48.6 Å². The van der Waals surface area contributed by atoms with Crippen molar-refractivity contribution in [2.75, 3.05) is 19.8 Å². The first-order valence-electron chi connectivity index (χ1n) is 28.7. The van der Waals surface area contributed by atoms with Gasteiger partial charge in [0.1, 0.15) is 31.0 Å². The zero-order chi connectivity index (χ0) is 50.1. The first kappa shape index (κ1) is 64.7. The van der Waals surface area contributed by atoms with Crippen LogP contribution in [0.4, 0.5) is 0 Å². The minimum absolute atomic E-state index is 0.201. The molecular weight excluding hydrogens is 869 g/mol. The lowest BCUT2D eigenvalue weighted by Crippen LogP contribution is -2.59. The molecule has 10 nitrogen and oxygen atoms in total. The monoisotopic (exact) mass is 975 g/mol. The summed E-state index contributed by atoms with van der Waals surface area (Å²) in [4.78, 5) is 25.5. The van der Waals surface area contributed by atoms with Gasteiger partial charge in [-0.2, -0.15) is 0 Å². The zero-order valence-electron chi connectivity index (χ0n) is 44.3. The summed E-state index contributed by atoms with van der Waals surface area (Å²) in [7, 11) is 0. The van der Waals surface area contributed by atoms with Crippen LogP contribution in [0.25, 0.3) is 0 Å². The van der Waals surface area contributed by atoms with Crippen molar-refractivity contribution in [2.45, 2.75) is 295 Å². The maximum atomic E-state index is 12.9. The molecule has 6 atom stereocenters. The fraction of sp³-hybridized carbons (Fsp3) is 0.831. The number of ether oxygens (including phenoxy) is 4. The van der Waals surface area contributed by atoms with Crippen molar-refractivity contribution < 1.29 is 49.0 Å². The van der Waals surface area contributed by atoms with Gasteiger partial charge in [-0.05, 0) is 51.4 Å². The van der Waals surface area contributed by atoms with Gasteiger partial charge in [-0.1, -0.05) is 242 Å². The molecule has 0 aromatic carbocycles. The van der Waals surface area contributed by atoms with E-state index in [9.17, 15) is 30.0 Å². The van der Waals surface area contributed by atoms with E-state index in [2.05, 4.69) is 62.5 Å². The molecule has 0 saturated carbocycles. The molecule has 1 aliphatic rings. The van der Waals surface area contributed by atoms with Crippen molar-refractivity contribution in [3.63, 3.8) is 0 Å². The second-order valence-electron chi connectivity index (χ2n) is 19.7. The molecule has 1 saturated heterocycles. The van der Waals surface area contributed by atoms with Gasteiger partial charge in [0.2, 0.25) is 0 Å². The van der Waals surface area contributed by atoms with Crippen LogP contribution in [0.5, 0.6) is 0 Å². The number of hydrogen-bond donors (Lipinski definition) is 4. The van der Waals surface area contributed by atoms with Crippen molar-refractivity contribution in [1.29, 1.82) is 0 Å². The number of aliphatic hydroxyl groups excluding tert-OH is 4. The third kappa shape index (κ3) is 39.9. The standard InChI is InChI=1S/C59H106O10/c1-3-5-7-9-11-13-15-17-19-21-23-25-26-28-30-32-34-36-38-40-42-44-46-48-55(62)68-52(51-67-59-58(65)57(64)56(63)53(49-60)69-59)50-66-54(61)47-45-43-41-39-37-35-33-31-29-27-24-22-20-18-16-14-12-10-8-6-4-2/h20,22,27,29,33,35,39,41,52-53,56-60,63-65H,3-19,21,23-26,28,30-32,34,36-38,40,42-51H2,1-2H3/b22-20+,29-27+,35-33+,41-39+/t52-,53-,56+,57?,58?,59-/m1/s1. The Balaban J connectivity index is 2.24. The predicted octanol–water partition coefficient (Wildman–Crippen LogP) is 14.3. The quantitative estimate of drug-likeness (QED) is 0.0263. The van der Waals surface area contributed by atoms with E-state index >= 15 is 0 Å². The number of hydrogen-bond acceptors (Lipinski definition) is 10. The lowest BCUT2D eigenvalue weighted by atomic mass is 9.99. The van der Waals surface area contributed by atoms with E-state index in [1.807, 2.05) is 0 Å². The summed E-state index contributed by atoms with van der Waals surface area (Å²) in [6.45, 7) is 3.41. The molecule has 402 valence electrons. The van der Waals surface area contributed by atoms with Crippen molar-refractivity contribution in [3.8, 4) is 0 Å². The largest absolute Gasteiger partial charge is 0.462 e. The van der Waals surface area contributed by atoms with Gasteiger partial charge in [-0.25, -0.2) is 0 Å². The van der Waals surface area contributed by atoms with Crippen LogP contribution in [0.1, 0.15) is 258 Å². The number of carbonyl (C=O) groups excluding carboxylic acids is 2. The molecule has 1 fully saturated rings. The van der Waals surface area contributed by atoms with E-state index in [0.29, 0.717) is 12.8 Å². The number of rotatable bonds is 49. The van der Waals surface area contributed by atoms with E-state index in [-0.39, 0.29) is 26.1 Å². The SMILES string of the molecule is CCCCCCCCC/C=C/C/C=C/C/C=C/C/C=C/CCCC(=O)OC[C@H](CO[C@@H]1O[C@H](CO)[C@H](O)C(O)C1O)OC(=O)CCCCCCCCCCCCCCCCCCCCCCCCC. The highest BCUT2D eigenvalue weighted by atomic mass is 16.7. The molecule has 10 heteroatoms. The van der Waals surface area contributed by atoms with Crippen LogP contribution in [0.2, 0.25) is 0 Å². The van der Waals surface area contributed by atoms with E-state index < -0.39 is 55.4 Å². The van der Waals surface area contributed by atoms with Crippen LogP contribution in [0.3, 0.4) is 0 Å². The lowest BCUT2D eigenvalue weighted by molar-refractivity contribution is -0.305. The molecule has 0 radical (unpaired) electrons. The Hall–Kier alpha value is -2.34. The molecule has 69 heavy (non-hydrogen) atoms. The van der Waals surface area contributed by atoms with Crippen molar-refractivity contribution in [2.24, 2.45) is 0 Å². The first-order chi connectivity index (χ1) is 33.8. The van der Waals surface area contributed by atoms with E-state index in [1.54, 1.807) is 0 Å². The third-order valence-corrected chi connectivity index (χ3v) is 13.2. The Morgan fingerprint density at radius 2 is 0.826 bits per heavy atom. The Bertz CT molecular complexity index is 1260. The fourth-order valence-electron chi connectivity index (χ4n) is 8.71. The zero-order valence-corrected chi connectivity index (χ0v) is 44.3. The number of unbranched alkanes of at least 4 members (excludes halogenated alkanes) is 30. The second kappa shape index (κ2) is 49.2. The van der Waals surface area contributed by atoms with Crippen LogP contribution in [-0.4, -0.2) is 89.0 Å². The van der Waals surface area contributed by atoms with Crippen molar-refractivity contribution >= 4 is 11.9 Å². The molecule has 0 aliphatic carbocycles. The average molecular weight is 975 g/mol. The highest BCUT2D eigenvalue weighted by Crippen LogP contribution is 2.23. The Morgan fingerprint density at radius 1 is 0.449 bits per heavy atom. The number of carbonyl (C=O) groups is 2. The van der Waals surface area contributed by atoms with Crippen LogP contribution < -0.4 is 0 Å². The van der Waals surface area contributed by atoms with Crippen LogP contribution in [0, 0.1) is 0 Å². The van der Waals surface area contributed by atoms with Gasteiger partial charge in [0.05, 0.1) is 13.2 Å². The van der Waals surface area contributed by atoms with Gasteiger partial charge < -0.3 is 39.4 Å². The molecule has 0 bridgehead atoms. The highest BCUT2D eigenvalue weighted by molar-refractivity contribution is 5.70. The second-order valence-corrected chi connectivity index (χ2v) is 19.7. The lowest BCUT2D eigenvalue weighted by Gasteiger charge is -2.39. The summed E-state index contributed by atoms with van der Waals surface area (Å²) in [6, 6.07) is 0. The first-order valence-corrected chi connectivity index (χ1v) is 28.7. The minimum Gasteiger partial charge on any atom is -0.462 e. The fourth-order valence-corrected chi connectivity index (χ4v) is 8.71. The van der Waals surface area contributed by atoms with Gasteiger partial charge in [0.15, 0.2) is 12.4 Å². The van der Waals surface area contributed by atoms with Gasteiger partial charge in [0, 0.05) is 12.8 Å². The summed E-state index contributed by atoms with van der Waals surface area (Å²) in [5, 5.41) is 40.3. The summed E-state index contributed by atoms with van der Waals surface area (Å²) in [6.07, 6.45) is 54.2. The molecule has 1 heterocycles. The molecular formula is C59H106O10. The minimum atomic E-state index is -1.60. The number of esters is 2. The molecule has 1 aliphatic heterocycles. The van der Waals surface area contributed by atoms with Gasteiger partial charge in [0.25, 0.3) is 0 Å². The molecule has 1 rings (SSSR count). The van der Waals surface area contributed by atoms with E-state index in [4.69, 9.17) is 18.9 Å². The maximum Gasteiger partial charge on any atom is 0.306 e. The molecule has 0 spiro atoms. The van der Waals surface area contributed by atoms with Gasteiger partial charge in [-0.15, -0.1) is 0 Å². The molecule has 0 amide bonds. The molecule has 4 N–H and O–H groups in total. The normalized spacial score (nSPS) is 19.2. The smallest absolute Gasteiger partial charge is 0.306 e. The Morgan fingerprint density at radius 3 is 1.26 bits per heavy atom. The Kier molecular flexibility index (Phi) is 46.2. The topological polar surface area (TPSA) is 152 Å². The molecule has 0 aromatic heterocycles. The summed E-state index contributed by atoms with van der Waals surface area (Å²) >= 11 is 0. The van der Waals surface area contributed by atoms with Gasteiger partial charge >= 0.3 is 11.9 Å². The molecule has 0 aromatic rings. The number of allylic oxidation sites excluding steroid dienone is 8. The van der Waals surface area contributed by atoms with Crippen molar-refractivity contribution in [1.82, 2.24) is 0 Å². The van der Waals surface area contributed by atoms with Gasteiger partial charge in [-0.3, -0.25) is 9.59 Å². The summed E-state index contributed by atoms with van der Waals surface area (Å²) < 4.78 is 22.2. The maximum absolute atomic E-state index is 12.9. The van der Waals surface area contributed by atoms with Crippen LogP contribution in [-0.2, 0) is 28.5 Å². The molecule has 2 unspecified atom stereocenters. The van der Waals surface area contributed by atoms with E-state index in [0.717, 1.165) is 44.9 Å². The van der Waals surface area contributed by atoms with Crippen LogP contribution in [0.15, 0.2) is 48.6 Å². The van der Waals surface area contributed by atoms with Crippen LogP contribution >= 0.6 is 0 Å². The number of aliphatic hydroxyl groups is 4. The predicted molar refractivity (Wildman–Crippen MR) is 284 cm³/mol. The average Bonchev–Trinajstić information content (AvgIpc) is 3.35. The summed E-state index contributed by atoms with van der Waals surface area (Å²) in [5.74, 6) is -0.861.